The Bertz CT molecular complexity index is 1680. The number of benzene rings is 1. The molecular weight excluding hydrogens is 508 g/mol. The van der Waals surface area contributed by atoms with Gasteiger partial charge in [0.2, 0.25) is 0 Å². The van der Waals surface area contributed by atoms with Gasteiger partial charge in [-0.15, -0.1) is 0 Å². The van der Waals surface area contributed by atoms with Crippen LogP contribution in [0, 0.1) is 0 Å². The Kier molecular flexibility index (Phi) is 8.64. The third kappa shape index (κ3) is 6.20. The number of fused-ring (bicyclic) bond motifs is 2. The molecular formula is C31H36N4O5. The molecule has 0 aliphatic heterocycles. The van der Waals surface area contributed by atoms with Gasteiger partial charge in [0.1, 0.15) is 16.9 Å². The van der Waals surface area contributed by atoms with E-state index in [9.17, 15) is 14.4 Å². The van der Waals surface area contributed by atoms with Gasteiger partial charge in [-0.05, 0) is 68.5 Å². The minimum absolute atomic E-state index is 0.0218. The fourth-order valence-corrected chi connectivity index (χ4v) is 4.38. The molecule has 0 aliphatic rings. The van der Waals surface area contributed by atoms with Gasteiger partial charge in [-0.3, -0.25) is 14.0 Å². The normalized spacial score (nSPS) is 12.4. The highest BCUT2D eigenvalue weighted by Crippen LogP contribution is 2.22. The molecule has 0 unspecified atom stereocenters. The van der Waals surface area contributed by atoms with Gasteiger partial charge in [0, 0.05) is 24.9 Å². The first-order chi connectivity index (χ1) is 19.0. The van der Waals surface area contributed by atoms with Crippen LogP contribution in [0.4, 0.5) is 0 Å². The van der Waals surface area contributed by atoms with Gasteiger partial charge in [0.15, 0.2) is 5.49 Å². The second-order valence-corrected chi connectivity index (χ2v) is 10.9. The number of carbonyl (C=O) groups excluding carboxylic acids is 2. The molecule has 4 aromatic rings. The van der Waals surface area contributed by atoms with E-state index in [1.165, 1.54) is 10.5 Å². The van der Waals surface area contributed by atoms with Crippen molar-refractivity contribution in [2.75, 3.05) is 13.2 Å². The molecule has 210 valence electrons. The predicted molar refractivity (Wildman–Crippen MR) is 154 cm³/mol. The van der Waals surface area contributed by atoms with Crippen LogP contribution in [0.5, 0.6) is 0 Å². The molecule has 3 heterocycles. The van der Waals surface area contributed by atoms with Crippen molar-refractivity contribution in [1.82, 2.24) is 14.0 Å². The summed E-state index contributed by atoms with van der Waals surface area (Å²) in [4.78, 5) is 49.3. The average molecular weight is 545 g/mol. The maximum absolute atomic E-state index is 13.5. The lowest BCUT2D eigenvalue weighted by atomic mass is 9.87. The summed E-state index contributed by atoms with van der Waals surface area (Å²) < 4.78 is 14.1. The van der Waals surface area contributed by atoms with Crippen molar-refractivity contribution in [1.29, 1.82) is 0 Å². The van der Waals surface area contributed by atoms with Gasteiger partial charge in [-0.25, -0.2) is 9.78 Å². The van der Waals surface area contributed by atoms with Gasteiger partial charge in [0.25, 0.3) is 11.5 Å². The van der Waals surface area contributed by atoms with E-state index >= 15 is 0 Å². The van der Waals surface area contributed by atoms with Crippen LogP contribution in [0.2, 0.25) is 0 Å². The summed E-state index contributed by atoms with van der Waals surface area (Å²) in [6, 6.07) is 14.0. The van der Waals surface area contributed by atoms with Crippen molar-refractivity contribution in [3.8, 4) is 0 Å². The summed E-state index contributed by atoms with van der Waals surface area (Å²) >= 11 is 0. The molecule has 0 bridgehead atoms. The molecule has 0 atom stereocenters. The Hall–Kier alpha value is -4.11. The molecule has 0 saturated carbocycles. The Morgan fingerprint density at radius 2 is 1.80 bits per heavy atom. The predicted octanol–water partition coefficient (Wildman–Crippen LogP) is 4.68. The molecule has 0 saturated heterocycles. The lowest BCUT2D eigenvalue weighted by Crippen LogP contribution is -2.33. The number of amides is 1. The van der Waals surface area contributed by atoms with Gasteiger partial charge in [-0.1, -0.05) is 39.0 Å². The molecule has 1 amide bonds. The van der Waals surface area contributed by atoms with E-state index in [0.29, 0.717) is 36.4 Å². The van der Waals surface area contributed by atoms with Gasteiger partial charge in [0.05, 0.1) is 18.1 Å². The van der Waals surface area contributed by atoms with E-state index in [1.54, 1.807) is 48.0 Å². The van der Waals surface area contributed by atoms with E-state index in [1.807, 2.05) is 26.0 Å². The number of hydrogen-bond donors (Lipinski definition) is 0. The van der Waals surface area contributed by atoms with Crippen LogP contribution >= 0.6 is 0 Å². The second kappa shape index (κ2) is 12.0. The highest BCUT2D eigenvalue weighted by molar-refractivity contribution is 5.97. The Morgan fingerprint density at radius 3 is 2.45 bits per heavy atom. The van der Waals surface area contributed by atoms with Crippen LogP contribution in [0.1, 0.15) is 74.2 Å². The number of rotatable bonds is 8. The largest absolute Gasteiger partial charge is 0.462 e. The Morgan fingerprint density at radius 1 is 1.07 bits per heavy atom. The Labute approximate surface area is 233 Å². The van der Waals surface area contributed by atoms with Crippen molar-refractivity contribution in [3.63, 3.8) is 0 Å². The maximum Gasteiger partial charge on any atom is 0.341 e. The number of ether oxygens (including phenoxy) is 2. The third-order valence-corrected chi connectivity index (χ3v) is 6.47. The first-order valence-electron chi connectivity index (χ1n) is 13.5. The van der Waals surface area contributed by atoms with E-state index in [0.717, 1.165) is 5.56 Å². The second-order valence-electron chi connectivity index (χ2n) is 10.9. The number of hydrogen-bond acceptors (Lipinski definition) is 6. The average Bonchev–Trinajstić information content (AvgIpc) is 2.91. The number of pyridine rings is 2. The van der Waals surface area contributed by atoms with Gasteiger partial charge in [-0.2, -0.15) is 4.99 Å². The van der Waals surface area contributed by atoms with Crippen molar-refractivity contribution < 1.29 is 19.1 Å². The molecule has 3 aromatic heterocycles. The molecule has 40 heavy (non-hydrogen) atoms. The highest BCUT2D eigenvalue weighted by Gasteiger charge is 2.21. The molecule has 0 radical (unpaired) electrons. The topological polar surface area (TPSA) is 104 Å². The minimum Gasteiger partial charge on any atom is -0.462 e. The summed E-state index contributed by atoms with van der Waals surface area (Å²) in [7, 11) is 0. The molecule has 0 N–H and O–H groups in total. The molecule has 0 spiro atoms. The van der Waals surface area contributed by atoms with Crippen molar-refractivity contribution in [2.24, 2.45) is 4.99 Å². The van der Waals surface area contributed by atoms with Crippen LogP contribution in [-0.2, 0) is 21.4 Å². The van der Waals surface area contributed by atoms with Gasteiger partial charge >= 0.3 is 5.97 Å². The summed E-state index contributed by atoms with van der Waals surface area (Å²) in [6.07, 6.45) is 2.20. The van der Waals surface area contributed by atoms with Crippen LogP contribution in [-0.4, -0.2) is 45.1 Å². The smallest absolute Gasteiger partial charge is 0.341 e. The Balaban J connectivity index is 1.98. The molecule has 0 fully saturated rings. The third-order valence-electron chi connectivity index (χ3n) is 6.47. The van der Waals surface area contributed by atoms with Crippen LogP contribution < -0.4 is 11.0 Å². The van der Waals surface area contributed by atoms with E-state index in [2.05, 4.69) is 25.8 Å². The van der Waals surface area contributed by atoms with Crippen molar-refractivity contribution in [2.45, 2.75) is 66.0 Å². The van der Waals surface area contributed by atoms with Crippen LogP contribution in [0.3, 0.4) is 0 Å². The molecule has 9 heteroatoms. The maximum atomic E-state index is 13.5. The van der Waals surface area contributed by atoms with Crippen molar-refractivity contribution >= 4 is 28.6 Å². The SMILES string of the molecule is CCOC(=O)c1cc2c(=O)n3ccccc3nc2n(CCCOC(C)C)c1=NC(=O)c1ccc(C(C)(C)C)cc1. The standard InChI is InChI=1S/C31H36N4O5/c1-7-39-30(38)24-19-23-26(32-25-11-8-9-16-34(25)29(23)37)35(17-10-18-40-20(2)3)27(24)33-28(36)21-12-14-22(15-13-21)31(4,5)6/h8-9,11-16,19-20H,7,10,17-18H2,1-6H3. The molecule has 0 aliphatic carbocycles. The summed E-state index contributed by atoms with van der Waals surface area (Å²) in [5.41, 5.74) is 1.92. The van der Waals surface area contributed by atoms with Crippen LogP contribution in [0.25, 0.3) is 16.7 Å². The zero-order valence-corrected chi connectivity index (χ0v) is 23.9. The van der Waals surface area contributed by atoms with Crippen LogP contribution in [0.15, 0.2) is 64.5 Å². The summed E-state index contributed by atoms with van der Waals surface area (Å²) in [6.45, 7) is 12.7. The highest BCUT2D eigenvalue weighted by atomic mass is 16.5. The number of aryl methyl sites for hydroxylation is 1. The summed E-state index contributed by atoms with van der Waals surface area (Å²) in [5, 5.41) is 0.220. The van der Waals surface area contributed by atoms with Crippen molar-refractivity contribution in [3.05, 3.63) is 87.3 Å². The number of esters is 1. The molecule has 9 nitrogen and oxygen atoms in total. The number of carbonyl (C=O) groups is 2. The van der Waals surface area contributed by atoms with E-state index in [-0.39, 0.29) is 40.1 Å². The minimum atomic E-state index is -0.677. The zero-order valence-electron chi connectivity index (χ0n) is 23.9. The fourth-order valence-electron chi connectivity index (χ4n) is 4.38. The zero-order chi connectivity index (χ0) is 29.0. The number of nitrogens with zero attached hydrogens (tertiary/aromatic N) is 4. The number of aromatic nitrogens is 3. The summed E-state index contributed by atoms with van der Waals surface area (Å²) in [5.74, 6) is -1.20. The van der Waals surface area contributed by atoms with E-state index in [4.69, 9.17) is 14.5 Å². The molecule has 4 rings (SSSR count). The lowest BCUT2D eigenvalue weighted by Gasteiger charge is -2.18. The fraction of sp³-hybridized carbons (Fsp3) is 0.387. The molecule has 1 aromatic carbocycles. The monoisotopic (exact) mass is 544 g/mol. The first kappa shape index (κ1) is 28.9. The first-order valence-corrected chi connectivity index (χ1v) is 13.5. The van der Waals surface area contributed by atoms with E-state index < -0.39 is 11.9 Å². The quantitative estimate of drug-likeness (QED) is 0.181. The lowest BCUT2D eigenvalue weighted by molar-refractivity contribution is 0.0523. The van der Waals surface area contributed by atoms with Gasteiger partial charge < -0.3 is 14.0 Å².